The quantitative estimate of drug-likeness (QED) is 0.381. The van der Waals surface area contributed by atoms with Crippen molar-refractivity contribution in [3.05, 3.63) is 0 Å². The zero-order valence-electron chi connectivity index (χ0n) is 9.46. The van der Waals surface area contributed by atoms with Crippen LogP contribution in [0.5, 0.6) is 0 Å². The van der Waals surface area contributed by atoms with Gasteiger partial charge in [0.2, 0.25) is 0 Å². The molecule has 0 aliphatic heterocycles. The second kappa shape index (κ2) is 15.2. The minimum atomic E-state index is -0.447. The minimum Gasteiger partial charge on any atom is -0.378 e. The summed E-state index contributed by atoms with van der Waals surface area (Å²) >= 11 is 3.26. The van der Waals surface area contributed by atoms with E-state index in [2.05, 4.69) is 15.9 Å². The van der Waals surface area contributed by atoms with E-state index in [-0.39, 0.29) is 6.61 Å². The molecule has 0 N–H and O–H groups in total. The van der Waals surface area contributed by atoms with Crippen molar-refractivity contribution < 1.29 is 23.3 Å². The molecule has 0 aromatic carbocycles. The van der Waals surface area contributed by atoms with E-state index in [0.29, 0.717) is 46.2 Å². The molecule has 0 spiro atoms. The second-order valence-electron chi connectivity index (χ2n) is 2.83. The van der Waals surface area contributed by atoms with E-state index in [0.717, 1.165) is 5.33 Å². The Bertz CT molecular complexity index is 115. The monoisotopic (exact) mass is 302 g/mol. The molecule has 0 rings (SSSR count). The number of ether oxygens (including phenoxy) is 4. The Balaban J connectivity index is 2.83. The van der Waals surface area contributed by atoms with Gasteiger partial charge in [0, 0.05) is 5.33 Å². The van der Waals surface area contributed by atoms with Gasteiger partial charge in [-0.05, 0) is 0 Å². The van der Waals surface area contributed by atoms with Crippen LogP contribution in [-0.4, -0.2) is 64.9 Å². The molecule has 0 saturated carbocycles. The van der Waals surface area contributed by atoms with Gasteiger partial charge < -0.3 is 18.9 Å². The summed E-state index contributed by atoms with van der Waals surface area (Å²) in [6.07, 6.45) is 0. The Morgan fingerprint density at radius 2 is 1.00 bits per heavy atom. The predicted molar refractivity (Wildman–Crippen MR) is 63.0 cm³/mol. The van der Waals surface area contributed by atoms with Gasteiger partial charge in [-0.2, -0.15) is 0 Å². The first kappa shape index (κ1) is 16.2. The molecule has 0 saturated heterocycles. The lowest BCUT2D eigenvalue weighted by Crippen LogP contribution is -2.12. The van der Waals surface area contributed by atoms with E-state index in [1.54, 1.807) is 0 Å². The molecule has 98 valence electrons. The van der Waals surface area contributed by atoms with Crippen LogP contribution >= 0.6 is 15.9 Å². The van der Waals surface area contributed by atoms with Crippen LogP contribution in [-0.2, 0) is 18.9 Å². The highest BCUT2D eigenvalue weighted by atomic mass is 79.9. The number of hydrogen-bond acceptors (Lipinski definition) is 4. The van der Waals surface area contributed by atoms with E-state index in [1.165, 1.54) is 0 Å². The minimum absolute atomic E-state index is 0.144. The fourth-order valence-corrected chi connectivity index (χ4v) is 1.10. The SMILES string of the molecule is FCCOCCOCCOCCOCCBr. The summed E-state index contributed by atoms with van der Waals surface area (Å²) in [6, 6.07) is 0. The maximum absolute atomic E-state index is 11.6. The van der Waals surface area contributed by atoms with Crippen LogP contribution in [0.15, 0.2) is 0 Å². The van der Waals surface area contributed by atoms with Gasteiger partial charge in [-0.15, -0.1) is 0 Å². The average molecular weight is 303 g/mol. The van der Waals surface area contributed by atoms with Crippen molar-refractivity contribution in [2.45, 2.75) is 0 Å². The van der Waals surface area contributed by atoms with Gasteiger partial charge >= 0.3 is 0 Å². The topological polar surface area (TPSA) is 36.9 Å². The summed E-state index contributed by atoms with van der Waals surface area (Å²) in [7, 11) is 0. The molecule has 0 aliphatic rings. The van der Waals surface area contributed by atoms with Crippen LogP contribution in [0, 0.1) is 0 Å². The van der Waals surface area contributed by atoms with Gasteiger partial charge in [0.1, 0.15) is 6.67 Å². The summed E-state index contributed by atoms with van der Waals surface area (Å²) in [6.45, 7) is 3.55. The molecule has 0 fully saturated rings. The molecular formula is C10H20BrFO4. The molecule has 16 heavy (non-hydrogen) atoms. The lowest BCUT2D eigenvalue weighted by Gasteiger charge is -2.06. The first-order valence-corrected chi connectivity index (χ1v) is 6.47. The smallest absolute Gasteiger partial charge is 0.113 e. The lowest BCUT2D eigenvalue weighted by molar-refractivity contribution is -0.00141. The maximum atomic E-state index is 11.6. The van der Waals surface area contributed by atoms with E-state index < -0.39 is 6.67 Å². The van der Waals surface area contributed by atoms with Crippen LogP contribution in [0.1, 0.15) is 0 Å². The predicted octanol–water partition coefficient (Wildman–Crippen LogP) is 1.42. The molecule has 0 aromatic rings. The molecular weight excluding hydrogens is 283 g/mol. The van der Waals surface area contributed by atoms with Crippen molar-refractivity contribution in [3.63, 3.8) is 0 Å². The van der Waals surface area contributed by atoms with E-state index in [4.69, 9.17) is 18.9 Å². The van der Waals surface area contributed by atoms with Crippen LogP contribution in [0.25, 0.3) is 0 Å². The Hall–Kier alpha value is 0.250. The average Bonchev–Trinajstić information content (AvgIpc) is 2.31. The first-order valence-electron chi connectivity index (χ1n) is 5.34. The molecule has 0 bridgehead atoms. The van der Waals surface area contributed by atoms with Crippen LogP contribution in [0.3, 0.4) is 0 Å². The van der Waals surface area contributed by atoms with Crippen molar-refractivity contribution in [1.29, 1.82) is 0 Å². The van der Waals surface area contributed by atoms with Crippen molar-refractivity contribution in [2.75, 3.05) is 64.9 Å². The lowest BCUT2D eigenvalue weighted by atomic mass is 10.7. The number of rotatable bonds is 13. The second-order valence-corrected chi connectivity index (χ2v) is 3.62. The van der Waals surface area contributed by atoms with Gasteiger partial charge in [-0.1, -0.05) is 15.9 Å². The van der Waals surface area contributed by atoms with Crippen LogP contribution in [0.2, 0.25) is 0 Å². The Kier molecular flexibility index (Phi) is 15.5. The molecule has 6 heteroatoms. The normalized spacial score (nSPS) is 10.9. The van der Waals surface area contributed by atoms with Crippen molar-refractivity contribution in [3.8, 4) is 0 Å². The standard InChI is InChI=1S/C10H20BrFO4/c11-1-3-13-5-7-15-9-10-16-8-6-14-4-2-12/h1-10H2. The third-order valence-corrected chi connectivity index (χ3v) is 1.88. The van der Waals surface area contributed by atoms with E-state index in [1.807, 2.05) is 0 Å². The van der Waals surface area contributed by atoms with Crippen LogP contribution < -0.4 is 0 Å². The first-order chi connectivity index (χ1) is 7.91. The Labute approximate surface area is 105 Å². The van der Waals surface area contributed by atoms with Crippen molar-refractivity contribution in [2.24, 2.45) is 0 Å². The molecule has 0 radical (unpaired) electrons. The molecule has 4 nitrogen and oxygen atoms in total. The molecule has 0 amide bonds. The van der Waals surface area contributed by atoms with Gasteiger partial charge in [-0.25, -0.2) is 4.39 Å². The highest BCUT2D eigenvalue weighted by Crippen LogP contribution is 1.84. The third kappa shape index (κ3) is 14.2. The van der Waals surface area contributed by atoms with E-state index >= 15 is 0 Å². The summed E-state index contributed by atoms with van der Waals surface area (Å²) < 4.78 is 32.1. The largest absolute Gasteiger partial charge is 0.378 e. The number of alkyl halides is 2. The third-order valence-electron chi connectivity index (χ3n) is 1.56. The zero-order chi connectivity index (χ0) is 11.9. The molecule has 0 heterocycles. The summed E-state index contributed by atoms with van der Waals surface area (Å²) in [4.78, 5) is 0. The number of hydrogen-bond donors (Lipinski definition) is 0. The molecule has 0 atom stereocenters. The van der Waals surface area contributed by atoms with Crippen molar-refractivity contribution in [1.82, 2.24) is 0 Å². The molecule has 0 unspecified atom stereocenters. The zero-order valence-corrected chi connectivity index (χ0v) is 11.0. The van der Waals surface area contributed by atoms with Gasteiger partial charge in [0.05, 0.1) is 52.9 Å². The van der Waals surface area contributed by atoms with Crippen LogP contribution in [0.4, 0.5) is 4.39 Å². The van der Waals surface area contributed by atoms with Gasteiger partial charge in [0.15, 0.2) is 0 Å². The van der Waals surface area contributed by atoms with Gasteiger partial charge in [0.25, 0.3) is 0 Å². The summed E-state index contributed by atoms with van der Waals surface area (Å²) in [5, 5.41) is 0.842. The number of halogens is 2. The Morgan fingerprint density at radius 1 is 0.625 bits per heavy atom. The van der Waals surface area contributed by atoms with Gasteiger partial charge in [-0.3, -0.25) is 0 Å². The Morgan fingerprint density at radius 3 is 1.38 bits per heavy atom. The maximum Gasteiger partial charge on any atom is 0.113 e. The van der Waals surface area contributed by atoms with E-state index in [9.17, 15) is 4.39 Å². The fourth-order valence-electron chi connectivity index (χ4n) is 0.871. The highest BCUT2D eigenvalue weighted by Gasteiger charge is 1.91. The summed E-state index contributed by atoms with van der Waals surface area (Å²) in [5.74, 6) is 0. The fraction of sp³-hybridized carbons (Fsp3) is 1.00. The van der Waals surface area contributed by atoms with Crippen molar-refractivity contribution >= 4 is 15.9 Å². The molecule has 0 aliphatic carbocycles. The highest BCUT2D eigenvalue weighted by molar-refractivity contribution is 9.09. The molecule has 0 aromatic heterocycles. The summed E-state index contributed by atoms with van der Waals surface area (Å²) in [5.41, 5.74) is 0.